The Balaban J connectivity index is 0. The summed E-state index contributed by atoms with van der Waals surface area (Å²) in [5, 5.41) is 0. The summed E-state index contributed by atoms with van der Waals surface area (Å²) in [7, 11) is -4.41. The van der Waals surface area contributed by atoms with E-state index in [2.05, 4.69) is 15.8 Å². The van der Waals surface area contributed by atoms with Crippen molar-refractivity contribution in [1.29, 1.82) is 0 Å². The zero-order valence-electron chi connectivity index (χ0n) is 7.80. The molecule has 15 heavy (non-hydrogen) atoms. The molecular weight excluding hydrogens is 250 g/mol. The van der Waals surface area contributed by atoms with Crippen molar-refractivity contribution in [2.75, 3.05) is 13.2 Å². The number of carbonyl (C=O) groups is 1. The summed E-state index contributed by atoms with van der Waals surface area (Å²) in [5.74, 6) is -0.527. The van der Waals surface area contributed by atoms with Crippen LogP contribution >= 0.6 is 7.82 Å². The van der Waals surface area contributed by atoms with E-state index in [0.717, 1.165) is 0 Å². The molecule has 0 aromatic carbocycles. The van der Waals surface area contributed by atoms with Crippen LogP contribution in [0.3, 0.4) is 0 Å². The molecule has 6 nitrogen and oxygen atoms in total. The van der Waals surface area contributed by atoms with Crippen LogP contribution in [0, 0.1) is 0 Å². The quantitative estimate of drug-likeness (QED) is 0.230. The van der Waals surface area contributed by atoms with Gasteiger partial charge in [-0.1, -0.05) is 6.58 Å². The van der Waals surface area contributed by atoms with E-state index in [9.17, 15) is 9.36 Å². The van der Waals surface area contributed by atoms with Gasteiger partial charge in [0, 0.05) is 12.0 Å². The zero-order valence-corrected chi connectivity index (χ0v) is 8.70. The molecule has 0 aliphatic rings. The number of phosphoric acid groups is 1. The van der Waals surface area contributed by atoms with Crippen LogP contribution in [-0.2, 0) is 18.6 Å². The summed E-state index contributed by atoms with van der Waals surface area (Å²) >= 11 is 0. The van der Waals surface area contributed by atoms with Crippen LogP contribution in [0.4, 0.5) is 0 Å². The molecule has 0 rings (SSSR count). The van der Waals surface area contributed by atoms with E-state index < -0.39 is 13.8 Å². The van der Waals surface area contributed by atoms with Gasteiger partial charge in [-0.15, -0.1) is 0 Å². The van der Waals surface area contributed by atoms with Crippen LogP contribution in [0.25, 0.3) is 0 Å². The van der Waals surface area contributed by atoms with Gasteiger partial charge >= 0.3 is 65.2 Å². The molecule has 0 heterocycles. The molecule has 0 amide bonds. The van der Waals surface area contributed by atoms with Gasteiger partial charge in [-0.05, 0) is 6.92 Å². The third-order valence-corrected chi connectivity index (χ3v) is 1.65. The predicted octanol–water partition coefficient (Wildman–Crippen LogP) is -0.0434. The van der Waals surface area contributed by atoms with Crippen molar-refractivity contribution >= 4 is 65.2 Å². The molecule has 84 valence electrons. The Morgan fingerprint density at radius 3 is 2.33 bits per heavy atom. The molecular formula is C7H14KO6P. The minimum atomic E-state index is -4.41. The van der Waals surface area contributed by atoms with Crippen LogP contribution in [0.15, 0.2) is 12.2 Å². The second-order valence-corrected chi connectivity index (χ2v) is 3.83. The summed E-state index contributed by atoms with van der Waals surface area (Å²) in [6.07, 6.45) is 0.226. The molecule has 0 aromatic rings. The van der Waals surface area contributed by atoms with E-state index in [1.54, 1.807) is 0 Å². The number of phosphoric ester groups is 1. The fraction of sp³-hybridized carbons (Fsp3) is 0.571. The standard InChI is InChI=1S/C7H13O6P.K.H/c1-6(2)7(8)12-4-3-5-13-14(9,10)11;;/h1,3-5H2,2H3,(H2,9,10,11);;. The maximum absolute atomic E-state index is 10.8. The Labute approximate surface area is 131 Å². The van der Waals surface area contributed by atoms with E-state index in [0.29, 0.717) is 0 Å². The number of esters is 1. The molecule has 0 bridgehead atoms. The van der Waals surface area contributed by atoms with Crippen LogP contribution in [0.5, 0.6) is 0 Å². The van der Waals surface area contributed by atoms with Crippen molar-refractivity contribution in [3.63, 3.8) is 0 Å². The second-order valence-electron chi connectivity index (χ2n) is 2.59. The van der Waals surface area contributed by atoms with Gasteiger partial charge in [-0.2, -0.15) is 0 Å². The Morgan fingerprint density at radius 2 is 1.93 bits per heavy atom. The molecule has 2 N–H and O–H groups in total. The van der Waals surface area contributed by atoms with E-state index in [1.165, 1.54) is 6.92 Å². The van der Waals surface area contributed by atoms with E-state index in [1.807, 2.05) is 0 Å². The molecule has 0 spiro atoms. The van der Waals surface area contributed by atoms with Gasteiger partial charge in [0.25, 0.3) is 0 Å². The van der Waals surface area contributed by atoms with Gasteiger partial charge in [0.05, 0.1) is 13.2 Å². The predicted molar refractivity (Wildman–Crippen MR) is 55.5 cm³/mol. The Kier molecular flexibility index (Phi) is 11.0. The van der Waals surface area contributed by atoms with Crippen molar-refractivity contribution in [2.45, 2.75) is 13.3 Å². The topological polar surface area (TPSA) is 93.1 Å². The van der Waals surface area contributed by atoms with Gasteiger partial charge in [-0.3, -0.25) is 4.52 Å². The number of hydrogen-bond donors (Lipinski definition) is 2. The Bertz CT molecular complexity index is 260. The fourth-order valence-corrected chi connectivity index (χ4v) is 0.897. The molecule has 0 radical (unpaired) electrons. The molecule has 0 aliphatic carbocycles. The van der Waals surface area contributed by atoms with E-state index in [-0.39, 0.29) is 76.6 Å². The third kappa shape index (κ3) is 12.9. The molecule has 0 saturated heterocycles. The minimum absolute atomic E-state index is 0. The first kappa shape index (κ1) is 18.3. The molecule has 0 aromatic heterocycles. The van der Waals surface area contributed by atoms with Gasteiger partial charge in [0.15, 0.2) is 0 Å². The fourth-order valence-electron chi connectivity index (χ4n) is 0.530. The van der Waals surface area contributed by atoms with Gasteiger partial charge in [0.2, 0.25) is 0 Å². The summed E-state index contributed by atoms with van der Waals surface area (Å²) in [4.78, 5) is 27.3. The first-order valence-electron chi connectivity index (χ1n) is 3.85. The van der Waals surface area contributed by atoms with Gasteiger partial charge in [0.1, 0.15) is 0 Å². The third-order valence-electron chi connectivity index (χ3n) is 1.13. The number of hydrogen-bond acceptors (Lipinski definition) is 4. The van der Waals surface area contributed by atoms with E-state index in [4.69, 9.17) is 9.79 Å². The molecule has 0 saturated carbocycles. The zero-order chi connectivity index (χ0) is 11.2. The normalized spacial score (nSPS) is 10.3. The van der Waals surface area contributed by atoms with Gasteiger partial charge < -0.3 is 14.5 Å². The first-order chi connectivity index (χ1) is 6.33. The molecule has 0 unspecified atom stereocenters. The summed E-state index contributed by atoms with van der Waals surface area (Å²) in [6, 6.07) is 0. The van der Waals surface area contributed by atoms with Gasteiger partial charge in [-0.25, -0.2) is 9.36 Å². The van der Waals surface area contributed by atoms with Crippen molar-refractivity contribution < 1.29 is 28.4 Å². The number of rotatable bonds is 6. The van der Waals surface area contributed by atoms with Crippen LogP contribution < -0.4 is 0 Å². The summed E-state index contributed by atoms with van der Waals surface area (Å²) in [5.41, 5.74) is 0.279. The second kappa shape index (κ2) is 9.04. The molecule has 0 atom stereocenters. The molecule has 0 fully saturated rings. The average Bonchev–Trinajstić information content (AvgIpc) is 2.01. The van der Waals surface area contributed by atoms with E-state index >= 15 is 0 Å². The van der Waals surface area contributed by atoms with Crippen molar-refractivity contribution in [2.24, 2.45) is 0 Å². The maximum atomic E-state index is 10.8. The summed E-state index contributed by atoms with van der Waals surface area (Å²) in [6.45, 7) is 4.76. The molecule has 0 aliphatic heterocycles. The first-order valence-corrected chi connectivity index (χ1v) is 5.38. The average molecular weight is 264 g/mol. The number of ether oxygens (including phenoxy) is 1. The van der Waals surface area contributed by atoms with Crippen LogP contribution in [-0.4, -0.2) is 80.4 Å². The number of carbonyl (C=O) groups excluding carboxylic acids is 1. The van der Waals surface area contributed by atoms with Crippen LogP contribution in [0.1, 0.15) is 13.3 Å². The SMILES string of the molecule is C=C(C)C(=O)OCCCOP(=O)(O)O.[KH]. The van der Waals surface area contributed by atoms with Crippen LogP contribution in [0.2, 0.25) is 0 Å². The Morgan fingerprint density at radius 1 is 1.40 bits per heavy atom. The van der Waals surface area contributed by atoms with Crippen molar-refractivity contribution in [3.05, 3.63) is 12.2 Å². The van der Waals surface area contributed by atoms with Crippen molar-refractivity contribution in [3.8, 4) is 0 Å². The molecule has 8 heteroatoms. The summed E-state index contributed by atoms with van der Waals surface area (Å²) < 4.78 is 19.0. The monoisotopic (exact) mass is 264 g/mol. The van der Waals surface area contributed by atoms with Crippen molar-refractivity contribution in [1.82, 2.24) is 0 Å². The Hall–Kier alpha value is 0.956.